The van der Waals surface area contributed by atoms with Gasteiger partial charge in [-0.1, -0.05) is 0 Å². The summed E-state index contributed by atoms with van der Waals surface area (Å²) in [5.41, 5.74) is 0. The van der Waals surface area contributed by atoms with Crippen LogP contribution in [0.5, 0.6) is 0 Å². The highest BCUT2D eigenvalue weighted by molar-refractivity contribution is 5.87. The minimum Gasteiger partial charge on any atom is -0.480 e. The quantitative estimate of drug-likeness (QED) is 0.752. The fraction of sp³-hybridized carbons (Fsp3) is 0.833. The van der Waals surface area contributed by atoms with Gasteiger partial charge in [-0.15, -0.1) is 0 Å². The van der Waals surface area contributed by atoms with Gasteiger partial charge in [0.25, 0.3) is 5.91 Å². The summed E-state index contributed by atoms with van der Waals surface area (Å²) in [5.74, 6) is -1.11. The van der Waals surface area contributed by atoms with E-state index in [1.807, 2.05) is 0 Å². The predicted octanol–water partition coefficient (Wildman–Crippen LogP) is 0.00840. The van der Waals surface area contributed by atoms with Gasteiger partial charge in [0.2, 0.25) is 0 Å². The Kier molecular flexibility index (Phi) is 2.99. The number of hydrogen-bond donors (Lipinski definition) is 1. The highest BCUT2D eigenvalue weighted by Gasteiger charge is 2.51. The smallest absolute Gasteiger partial charge is 0.326 e. The van der Waals surface area contributed by atoms with E-state index >= 15 is 0 Å². The van der Waals surface area contributed by atoms with Crippen LogP contribution in [0.4, 0.5) is 0 Å². The lowest BCUT2D eigenvalue weighted by atomic mass is 10.1. The first-order valence-corrected chi connectivity index (χ1v) is 6.46. The molecule has 1 amide bonds. The van der Waals surface area contributed by atoms with Gasteiger partial charge in [-0.3, -0.25) is 4.79 Å². The number of ether oxygens (including phenoxy) is 2. The van der Waals surface area contributed by atoms with Crippen LogP contribution in [0.2, 0.25) is 0 Å². The topological polar surface area (TPSA) is 76.1 Å². The lowest BCUT2D eigenvalue weighted by Gasteiger charge is -2.28. The van der Waals surface area contributed by atoms with Crippen molar-refractivity contribution in [3.8, 4) is 0 Å². The molecular formula is C12H17NO5. The fourth-order valence-corrected chi connectivity index (χ4v) is 3.22. The van der Waals surface area contributed by atoms with Crippen LogP contribution in [-0.4, -0.2) is 59.4 Å². The molecule has 0 aliphatic carbocycles. The van der Waals surface area contributed by atoms with Gasteiger partial charge in [-0.05, 0) is 19.3 Å². The van der Waals surface area contributed by atoms with E-state index in [2.05, 4.69) is 0 Å². The Morgan fingerprint density at radius 1 is 1.17 bits per heavy atom. The number of fused-ring (bicyclic) bond motifs is 1. The van der Waals surface area contributed by atoms with Gasteiger partial charge in [0, 0.05) is 19.6 Å². The second-order valence-corrected chi connectivity index (χ2v) is 5.10. The van der Waals surface area contributed by atoms with E-state index in [9.17, 15) is 14.7 Å². The summed E-state index contributed by atoms with van der Waals surface area (Å²) >= 11 is 0. The van der Waals surface area contributed by atoms with Crippen LogP contribution in [0.15, 0.2) is 0 Å². The Morgan fingerprint density at radius 2 is 2.00 bits per heavy atom. The van der Waals surface area contributed by atoms with Crippen molar-refractivity contribution in [2.45, 2.75) is 50.0 Å². The number of aliphatic carboxylic acids is 1. The molecule has 3 rings (SSSR count). The van der Waals surface area contributed by atoms with Crippen LogP contribution in [0.25, 0.3) is 0 Å². The SMILES string of the molecule is O=C(O)[C@@H]1C[C@@H]2OCC[C@@H]2N1C(=O)[C@@H]1CCCO1. The largest absolute Gasteiger partial charge is 0.480 e. The van der Waals surface area contributed by atoms with Crippen molar-refractivity contribution in [2.24, 2.45) is 0 Å². The van der Waals surface area contributed by atoms with E-state index < -0.39 is 18.1 Å². The Balaban J connectivity index is 1.81. The molecule has 0 spiro atoms. The maximum Gasteiger partial charge on any atom is 0.326 e. The molecule has 0 unspecified atom stereocenters. The average molecular weight is 255 g/mol. The summed E-state index contributed by atoms with van der Waals surface area (Å²) in [6.07, 6.45) is 2.13. The second kappa shape index (κ2) is 4.51. The lowest BCUT2D eigenvalue weighted by Crippen LogP contribution is -2.49. The highest BCUT2D eigenvalue weighted by Crippen LogP contribution is 2.35. The third kappa shape index (κ3) is 1.80. The highest BCUT2D eigenvalue weighted by atomic mass is 16.5. The van der Waals surface area contributed by atoms with E-state index in [0.29, 0.717) is 26.1 Å². The van der Waals surface area contributed by atoms with Crippen molar-refractivity contribution in [3.05, 3.63) is 0 Å². The molecule has 1 N–H and O–H groups in total. The molecule has 6 heteroatoms. The van der Waals surface area contributed by atoms with Gasteiger partial charge < -0.3 is 19.5 Å². The van der Waals surface area contributed by atoms with E-state index in [1.54, 1.807) is 0 Å². The van der Waals surface area contributed by atoms with Gasteiger partial charge in [0.15, 0.2) is 0 Å². The van der Waals surface area contributed by atoms with E-state index in [4.69, 9.17) is 9.47 Å². The van der Waals surface area contributed by atoms with Gasteiger partial charge in [-0.25, -0.2) is 4.79 Å². The molecule has 0 radical (unpaired) electrons. The molecule has 6 nitrogen and oxygen atoms in total. The fourth-order valence-electron chi connectivity index (χ4n) is 3.22. The first-order chi connectivity index (χ1) is 8.68. The number of hydrogen-bond acceptors (Lipinski definition) is 4. The van der Waals surface area contributed by atoms with E-state index in [1.165, 1.54) is 4.90 Å². The zero-order chi connectivity index (χ0) is 12.7. The molecule has 100 valence electrons. The molecule has 0 aromatic heterocycles. The number of carbonyl (C=O) groups is 2. The molecule has 3 saturated heterocycles. The third-order valence-electron chi connectivity index (χ3n) is 4.07. The Labute approximate surface area is 105 Å². The van der Waals surface area contributed by atoms with Crippen LogP contribution in [-0.2, 0) is 19.1 Å². The molecule has 0 aromatic carbocycles. The average Bonchev–Trinajstić information content (AvgIpc) is 3.04. The number of nitrogens with zero attached hydrogens (tertiary/aromatic N) is 1. The third-order valence-corrected chi connectivity index (χ3v) is 4.07. The zero-order valence-electron chi connectivity index (χ0n) is 10.1. The molecule has 3 aliphatic rings. The minimum atomic E-state index is -0.945. The molecule has 4 atom stereocenters. The molecule has 18 heavy (non-hydrogen) atoms. The Morgan fingerprint density at radius 3 is 2.67 bits per heavy atom. The van der Waals surface area contributed by atoms with Crippen LogP contribution in [0, 0.1) is 0 Å². The van der Waals surface area contributed by atoms with Crippen molar-refractivity contribution in [2.75, 3.05) is 13.2 Å². The normalized spacial score (nSPS) is 39.0. The molecule has 0 bridgehead atoms. The van der Waals surface area contributed by atoms with Crippen molar-refractivity contribution in [1.82, 2.24) is 4.90 Å². The molecule has 3 fully saturated rings. The lowest BCUT2D eigenvalue weighted by molar-refractivity contribution is -0.154. The molecule has 0 saturated carbocycles. The predicted molar refractivity (Wildman–Crippen MR) is 60.0 cm³/mol. The summed E-state index contributed by atoms with van der Waals surface area (Å²) in [4.78, 5) is 25.2. The Hall–Kier alpha value is -1.14. The Bertz CT molecular complexity index is 365. The van der Waals surface area contributed by atoms with Gasteiger partial charge in [0.05, 0.1) is 12.1 Å². The van der Waals surface area contributed by atoms with Crippen LogP contribution >= 0.6 is 0 Å². The summed E-state index contributed by atoms with van der Waals surface area (Å²) in [6, 6.07) is -0.834. The van der Waals surface area contributed by atoms with Crippen molar-refractivity contribution in [1.29, 1.82) is 0 Å². The van der Waals surface area contributed by atoms with Gasteiger partial charge in [-0.2, -0.15) is 0 Å². The van der Waals surface area contributed by atoms with Crippen LogP contribution < -0.4 is 0 Å². The maximum atomic E-state index is 12.4. The molecular weight excluding hydrogens is 238 g/mol. The van der Waals surface area contributed by atoms with Crippen molar-refractivity contribution >= 4 is 11.9 Å². The van der Waals surface area contributed by atoms with E-state index in [0.717, 1.165) is 12.8 Å². The summed E-state index contributed by atoms with van der Waals surface area (Å²) in [6.45, 7) is 1.20. The maximum absolute atomic E-state index is 12.4. The number of likely N-dealkylation sites (tertiary alicyclic amines) is 1. The van der Waals surface area contributed by atoms with Crippen LogP contribution in [0.1, 0.15) is 25.7 Å². The first-order valence-electron chi connectivity index (χ1n) is 6.46. The van der Waals surface area contributed by atoms with Crippen LogP contribution in [0.3, 0.4) is 0 Å². The van der Waals surface area contributed by atoms with E-state index in [-0.39, 0.29) is 18.1 Å². The summed E-state index contributed by atoms with van der Waals surface area (Å²) < 4.78 is 10.9. The molecule has 3 heterocycles. The minimum absolute atomic E-state index is 0.0807. The number of carboxylic acid groups (broad SMARTS) is 1. The molecule has 3 aliphatic heterocycles. The monoisotopic (exact) mass is 255 g/mol. The number of rotatable bonds is 2. The number of carbonyl (C=O) groups excluding carboxylic acids is 1. The molecule has 0 aromatic rings. The second-order valence-electron chi connectivity index (χ2n) is 5.10. The summed E-state index contributed by atoms with van der Waals surface area (Å²) in [5, 5.41) is 9.24. The first kappa shape index (κ1) is 11.9. The summed E-state index contributed by atoms with van der Waals surface area (Å²) in [7, 11) is 0. The van der Waals surface area contributed by atoms with Gasteiger partial charge >= 0.3 is 5.97 Å². The zero-order valence-corrected chi connectivity index (χ0v) is 10.1. The van der Waals surface area contributed by atoms with Gasteiger partial charge in [0.1, 0.15) is 12.1 Å². The standard InChI is InChI=1S/C12H17NO5/c14-11(9-2-1-4-17-9)13-7-3-5-18-10(7)6-8(13)12(15)16/h7-10H,1-6H2,(H,15,16)/t7-,8-,9-,10-/m0/s1. The van der Waals surface area contributed by atoms with Crippen molar-refractivity contribution < 1.29 is 24.2 Å². The number of carboxylic acids is 1. The van der Waals surface area contributed by atoms with Crippen molar-refractivity contribution in [3.63, 3.8) is 0 Å². The number of amides is 1.